The van der Waals surface area contributed by atoms with Crippen LogP contribution in [0.4, 0.5) is 0 Å². The molecule has 0 saturated heterocycles. The Kier molecular flexibility index (Phi) is 3.77. The number of nitrogens with one attached hydrogen (secondary N) is 1. The summed E-state index contributed by atoms with van der Waals surface area (Å²) in [4.78, 5) is 26.8. The number of amides is 2. The zero-order valence-corrected chi connectivity index (χ0v) is 13.8. The first-order chi connectivity index (χ1) is 11.6. The zero-order chi connectivity index (χ0) is 16.7. The van der Waals surface area contributed by atoms with Gasteiger partial charge in [0.05, 0.1) is 12.5 Å². The third-order valence-corrected chi connectivity index (χ3v) is 5.03. The summed E-state index contributed by atoms with van der Waals surface area (Å²) in [5, 5.41) is 3.54. The van der Waals surface area contributed by atoms with Gasteiger partial charge in [0.15, 0.2) is 0 Å². The van der Waals surface area contributed by atoms with E-state index in [1.54, 1.807) is 6.07 Å². The smallest absolute Gasteiger partial charge is 0.251 e. The first-order valence-corrected chi connectivity index (χ1v) is 8.45. The summed E-state index contributed by atoms with van der Waals surface area (Å²) in [7, 11) is 0. The maximum Gasteiger partial charge on any atom is 0.251 e. The van der Waals surface area contributed by atoms with Crippen LogP contribution < -0.4 is 5.32 Å². The molecule has 4 nitrogen and oxygen atoms in total. The minimum absolute atomic E-state index is 0.0489. The van der Waals surface area contributed by atoms with Crippen molar-refractivity contribution in [2.45, 2.75) is 18.9 Å². The molecule has 2 aromatic carbocycles. The number of hydrogen-bond donors (Lipinski definition) is 1. The number of nitrogens with zero attached hydrogens (tertiary/aromatic N) is 1. The van der Waals surface area contributed by atoms with Gasteiger partial charge in [-0.15, -0.1) is 0 Å². The van der Waals surface area contributed by atoms with Crippen LogP contribution >= 0.6 is 11.6 Å². The van der Waals surface area contributed by atoms with E-state index in [0.717, 1.165) is 17.5 Å². The minimum Gasteiger partial charge on any atom is -0.350 e. The molecule has 2 aromatic rings. The Morgan fingerprint density at radius 3 is 2.92 bits per heavy atom. The van der Waals surface area contributed by atoms with Gasteiger partial charge >= 0.3 is 0 Å². The van der Waals surface area contributed by atoms with Crippen LogP contribution in [0.2, 0.25) is 5.02 Å². The molecule has 122 valence electrons. The van der Waals surface area contributed by atoms with E-state index in [1.165, 1.54) is 5.56 Å². The topological polar surface area (TPSA) is 49.4 Å². The van der Waals surface area contributed by atoms with Gasteiger partial charge in [-0.3, -0.25) is 9.59 Å². The molecule has 0 fully saturated rings. The Morgan fingerprint density at radius 2 is 2.08 bits per heavy atom. The Hall–Kier alpha value is -2.33. The van der Waals surface area contributed by atoms with Crippen molar-refractivity contribution in [3.05, 3.63) is 69.7 Å². The summed E-state index contributed by atoms with van der Waals surface area (Å²) in [6.07, 6.45) is 1.11. The van der Waals surface area contributed by atoms with E-state index < -0.39 is 0 Å². The fraction of sp³-hybridized carbons (Fsp3) is 0.263. The van der Waals surface area contributed by atoms with Crippen molar-refractivity contribution >= 4 is 23.4 Å². The van der Waals surface area contributed by atoms with Crippen molar-refractivity contribution < 1.29 is 9.59 Å². The van der Waals surface area contributed by atoms with Crippen LogP contribution in [0.5, 0.6) is 0 Å². The van der Waals surface area contributed by atoms with E-state index in [-0.39, 0.29) is 17.9 Å². The Labute approximate surface area is 145 Å². The van der Waals surface area contributed by atoms with Gasteiger partial charge in [0.2, 0.25) is 5.91 Å². The second-order valence-electron chi connectivity index (χ2n) is 6.25. The summed E-state index contributed by atoms with van der Waals surface area (Å²) < 4.78 is 0. The van der Waals surface area contributed by atoms with Crippen molar-refractivity contribution in [1.82, 2.24) is 10.2 Å². The standard InChI is InChI=1S/C19H17ClN2O2/c20-14-5-1-3-12(9-14)10-17(23)22-8-7-13-4-2-6-15-18(13)16(22)11-21-19(15)24/h1-6,9,16H,7-8,10-11H2,(H,21,24). The van der Waals surface area contributed by atoms with E-state index in [0.29, 0.717) is 30.1 Å². The molecular weight excluding hydrogens is 324 g/mol. The lowest BCUT2D eigenvalue weighted by molar-refractivity contribution is -0.133. The van der Waals surface area contributed by atoms with E-state index in [2.05, 4.69) is 11.4 Å². The van der Waals surface area contributed by atoms with Crippen LogP contribution in [0.15, 0.2) is 42.5 Å². The predicted octanol–water partition coefficient (Wildman–Crippen LogP) is 2.75. The molecule has 2 heterocycles. The molecule has 1 atom stereocenters. The molecular formula is C19H17ClN2O2. The second-order valence-corrected chi connectivity index (χ2v) is 6.68. The van der Waals surface area contributed by atoms with Gasteiger partial charge in [0.1, 0.15) is 0 Å². The summed E-state index contributed by atoms with van der Waals surface area (Å²) >= 11 is 6.01. The Bertz CT molecular complexity index is 834. The van der Waals surface area contributed by atoms with E-state index in [9.17, 15) is 9.59 Å². The van der Waals surface area contributed by atoms with Gasteiger partial charge in [0, 0.05) is 23.7 Å². The molecule has 2 amide bonds. The molecule has 0 spiro atoms. The molecule has 0 aliphatic carbocycles. The molecule has 0 aromatic heterocycles. The fourth-order valence-corrected chi connectivity index (χ4v) is 3.91. The third-order valence-electron chi connectivity index (χ3n) is 4.79. The Balaban J connectivity index is 1.63. The van der Waals surface area contributed by atoms with Gasteiger partial charge < -0.3 is 10.2 Å². The SMILES string of the molecule is O=C1NCC2c3c(cccc31)CCN2C(=O)Cc1cccc(Cl)c1. The van der Waals surface area contributed by atoms with Gasteiger partial charge in [-0.2, -0.15) is 0 Å². The first-order valence-electron chi connectivity index (χ1n) is 8.07. The normalized spacial score (nSPS) is 18.8. The number of hydrogen-bond acceptors (Lipinski definition) is 2. The highest BCUT2D eigenvalue weighted by Gasteiger charge is 2.36. The van der Waals surface area contributed by atoms with E-state index >= 15 is 0 Å². The van der Waals surface area contributed by atoms with E-state index in [1.807, 2.05) is 35.2 Å². The summed E-state index contributed by atoms with van der Waals surface area (Å²) in [5.74, 6) is 0.0195. The fourth-order valence-electron chi connectivity index (χ4n) is 3.69. The number of halogens is 1. The number of carbonyl (C=O) groups is 2. The van der Waals surface area contributed by atoms with Gasteiger partial charge in [-0.1, -0.05) is 35.9 Å². The van der Waals surface area contributed by atoms with Crippen LogP contribution in [0.3, 0.4) is 0 Å². The molecule has 0 radical (unpaired) electrons. The van der Waals surface area contributed by atoms with Crippen LogP contribution in [0.1, 0.15) is 33.1 Å². The molecule has 2 aliphatic rings. The van der Waals surface area contributed by atoms with Crippen LogP contribution in [0, 0.1) is 0 Å². The van der Waals surface area contributed by atoms with Crippen LogP contribution in [-0.2, 0) is 17.6 Å². The van der Waals surface area contributed by atoms with Crippen molar-refractivity contribution in [3.63, 3.8) is 0 Å². The van der Waals surface area contributed by atoms with Gasteiger partial charge in [-0.05, 0) is 41.3 Å². The van der Waals surface area contributed by atoms with Gasteiger partial charge in [0.25, 0.3) is 5.91 Å². The maximum atomic E-state index is 12.8. The highest BCUT2D eigenvalue weighted by atomic mass is 35.5. The lowest BCUT2D eigenvalue weighted by atomic mass is 9.85. The van der Waals surface area contributed by atoms with Crippen molar-refractivity contribution in [2.75, 3.05) is 13.1 Å². The highest BCUT2D eigenvalue weighted by molar-refractivity contribution is 6.30. The zero-order valence-electron chi connectivity index (χ0n) is 13.1. The summed E-state index contributed by atoms with van der Waals surface area (Å²) in [6, 6.07) is 13.1. The quantitative estimate of drug-likeness (QED) is 0.914. The van der Waals surface area contributed by atoms with Crippen LogP contribution in [-0.4, -0.2) is 29.8 Å². The number of benzene rings is 2. The molecule has 4 rings (SSSR count). The summed E-state index contributed by atoms with van der Waals surface area (Å²) in [5.41, 5.74) is 3.81. The molecule has 2 aliphatic heterocycles. The monoisotopic (exact) mass is 340 g/mol. The average Bonchev–Trinajstić information content (AvgIpc) is 2.58. The number of carbonyl (C=O) groups excluding carboxylic acids is 2. The number of rotatable bonds is 2. The van der Waals surface area contributed by atoms with Crippen molar-refractivity contribution in [1.29, 1.82) is 0 Å². The molecule has 24 heavy (non-hydrogen) atoms. The predicted molar refractivity (Wildman–Crippen MR) is 92.1 cm³/mol. The first kappa shape index (κ1) is 15.2. The third kappa shape index (κ3) is 2.57. The van der Waals surface area contributed by atoms with Gasteiger partial charge in [-0.25, -0.2) is 0 Å². The van der Waals surface area contributed by atoms with Crippen molar-refractivity contribution in [3.8, 4) is 0 Å². The Morgan fingerprint density at radius 1 is 1.25 bits per heavy atom. The highest BCUT2D eigenvalue weighted by Crippen LogP contribution is 2.34. The molecule has 0 saturated carbocycles. The average molecular weight is 341 g/mol. The molecule has 1 unspecified atom stereocenters. The lowest BCUT2D eigenvalue weighted by Crippen LogP contribution is -2.49. The second kappa shape index (κ2) is 5.95. The molecule has 0 bridgehead atoms. The molecule has 1 N–H and O–H groups in total. The summed E-state index contributed by atoms with van der Waals surface area (Å²) in [6.45, 7) is 1.15. The minimum atomic E-state index is -0.0747. The van der Waals surface area contributed by atoms with Crippen molar-refractivity contribution in [2.24, 2.45) is 0 Å². The lowest BCUT2D eigenvalue weighted by Gasteiger charge is -2.40. The molecule has 5 heteroatoms. The van der Waals surface area contributed by atoms with E-state index in [4.69, 9.17) is 11.6 Å². The van der Waals surface area contributed by atoms with Crippen LogP contribution in [0.25, 0.3) is 0 Å². The largest absolute Gasteiger partial charge is 0.350 e. The maximum absolute atomic E-state index is 12.8.